The first-order valence-corrected chi connectivity index (χ1v) is 8.67. The van der Waals surface area contributed by atoms with Gasteiger partial charge in [0.15, 0.2) is 0 Å². The van der Waals surface area contributed by atoms with Crippen molar-refractivity contribution in [3.05, 3.63) is 60.2 Å². The van der Waals surface area contributed by atoms with Gasteiger partial charge in [-0.05, 0) is 52.0 Å². The van der Waals surface area contributed by atoms with Gasteiger partial charge in [0.1, 0.15) is 5.82 Å². The molecule has 0 aliphatic heterocycles. The lowest BCUT2D eigenvalue weighted by Gasteiger charge is -2.20. The first kappa shape index (κ1) is 17.1. The van der Waals surface area contributed by atoms with Gasteiger partial charge in [-0.15, -0.1) is 0 Å². The number of para-hydroxylation sites is 2. The van der Waals surface area contributed by atoms with Crippen LogP contribution in [0, 0.1) is 0 Å². The maximum Gasteiger partial charge on any atom is 0.229 e. The van der Waals surface area contributed by atoms with Crippen LogP contribution < -0.4 is 5.32 Å². The van der Waals surface area contributed by atoms with Gasteiger partial charge in [-0.1, -0.05) is 18.2 Å². The summed E-state index contributed by atoms with van der Waals surface area (Å²) in [6.07, 6.45) is 1.71. The number of rotatable bonds is 5. The molecule has 0 spiro atoms. The summed E-state index contributed by atoms with van der Waals surface area (Å²) in [5, 5.41) is 3.09. The minimum atomic E-state index is -0.305. The minimum Gasteiger partial charge on any atom is -0.346 e. The highest BCUT2D eigenvalue weighted by Gasteiger charge is 2.23. The molecule has 2 heterocycles. The fraction of sp³-hybridized carbons (Fsp3) is 0.350. The van der Waals surface area contributed by atoms with Crippen LogP contribution in [0.3, 0.4) is 0 Å². The van der Waals surface area contributed by atoms with E-state index < -0.39 is 0 Å². The number of pyridine rings is 1. The van der Waals surface area contributed by atoms with Crippen molar-refractivity contribution in [3.8, 4) is 0 Å². The summed E-state index contributed by atoms with van der Waals surface area (Å²) in [6.45, 7) is 8.10. The molecule has 0 unspecified atom stereocenters. The number of carbonyl (C=O) groups is 1. The maximum atomic E-state index is 12.6. The molecule has 130 valence electrons. The summed E-state index contributed by atoms with van der Waals surface area (Å²) in [6, 6.07) is 13.8. The second-order valence-electron chi connectivity index (χ2n) is 6.63. The van der Waals surface area contributed by atoms with E-state index in [1.807, 2.05) is 50.2 Å². The topological polar surface area (TPSA) is 59.8 Å². The number of benzene rings is 1. The van der Waals surface area contributed by atoms with Gasteiger partial charge < -0.3 is 9.88 Å². The molecule has 1 amide bonds. The number of amides is 1. The molecular weight excluding hydrogens is 312 g/mol. The Balaban J connectivity index is 1.86. The lowest BCUT2D eigenvalue weighted by molar-refractivity contribution is -0.123. The molecule has 25 heavy (non-hydrogen) atoms. The Hall–Kier alpha value is -2.69. The van der Waals surface area contributed by atoms with Crippen LogP contribution in [0.2, 0.25) is 0 Å². The van der Waals surface area contributed by atoms with E-state index in [2.05, 4.69) is 34.8 Å². The maximum absolute atomic E-state index is 12.6. The van der Waals surface area contributed by atoms with E-state index >= 15 is 0 Å². The van der Waals surface area contributed by atoms with Crippen molar-refractivity contribution in [3.63, 3.8) is 0 Å². The van der Waals surface area contributed by atoms with E-state index in [-0.39, 0.29) is 23.9 Å². The second-order valence-corrected chi connectivity index (χ2v) is 6.63. The molecule has 1 aromatic carbocycles. The number of hydrogen-bond acceptors (Lipinski definition) is 3. The van der Waals surface area contributed by atoms with Crippen molar-refractivity contribution in [1.82, 2.24) is 19.9 Å². The number of hydrogen-bond donors (Lipinski definition) is 1. The predicted molar refractivity (Wildman–Crippen MR) is 99.3 cm³/mol. The van der Waals surface area contributed by atoms with E-state index in [4.69, 9.17) is 4.98 Å². The van der Waals surface area contributed by atoms with E-state index in [1.54, 1.807) is 6.20 Å². The monoisotopic (exact) mass is 336 g/mol. The summed E-state index contributed by atoms with van der Waals surface area (Å²) in [4.78, 5) is 21.7. The standard InChI is InChI=1S/C20H24N4O/c1-13(2)24-18-11-6-5-10-17(18)23-19(24)15(4)22-20(25)14(3)16-9-7-8-12-21-16/h5-15H,1-4H3,(H,22,25)/t14-,15+/m1/s1. The van der Waals surface area contributed by atoms with Crippen molar-refractivity contribution in [2.45, 2.75) is 45.7 Å². The van der Waals surface area contributed by atoms with Crippen molar-refractivity contribution in [2.24, 2.45) is 0 Å². The number of aromatic nitrogens is 3. The minimum absolute atomic E-state index is 0.0476. The van der Waals surface area contributed by atoms with E-state index in [0.29, 0.717) is 0 Å². The Morgan fingerprint density at radius 2 is 1.76 bits per heavy atom. The summed E-state index contributed by atoms with van der Waals surface area (Å²) >= 11 is 0. The fourth-order valence-electron chi connectivity index (χ4n) is 3.08. The Labute approximate surface area is 148 Å². The molecule has 0 radical (unpaired) electrons. The Bertz CT molecular complexity index is 870. The molecule has 2 atom stereocenters. The normalized spacial score (nSPS) is 13.8. The number of nitrogens with one attached hydrogen (secondary N) is 1. The lowest BCUT2D eigenvalue weighted by Crippen LogP contribution is -2.32. The van der Waals surface area contributed by atoms with Crippen LogP contribution in [-0.4, -0.2) is 20.4 Å². The number of carbonyl (C=O) groups excluding carboxylic acids is 1. The van der Waals surface area contributed by atoms with Crippen LogP contribution in [0.25, 0.3) is 11.0 Å². The molecule has 0 bridgehead atoms. The lowest BCUT2D eigenvalue weighted by atomic mass is 10.1. The van der Waals surface area contributed by atoms with E-state index in [1.165, 1.54) is 0 Å². The molecule has 3 aromatic rings. The van der Waals surface area contributed by atoms with Crippen molar-refractivity contribution < 1.29 is 4.79 Å². The van der Waals surface area contributed by atoms with E-state index in [0.717, 1.165) is 22.6 Å². The van der Waals surface area contributed by atoms with Gasteiger partial charge in [-0.25, -0.2) is 4.98 Å². The molecule has 0 aliphatic rings. The summed E-state index contributed by atoms with van der Waals surface area (Å²) < 4.78 is 2.19. The summed E-state index contributed by atoms with van der Waals surface area (Å²) in [7, 11) is 0. The van der Waals surface area contributed by atoms with Crippen molar-refractivity contribution >= 4 is 16.9 Å². The molecule has 0 aliphatic carbocycles. The Morgan fingerprint density at radius 1 is 1.04 bits per heavy atom. The van der Waals surface area contributed by atoms with Crippen LogP contribution >= 0.6 is 0 Å². The third kappa shape index (κ3) is 3.40. The van der Waals surface area contributed by atoms with Gasteiger partial charge in [0.25, 0.3) is 0 Å². The molecule has 1 N–H and O–H groups in total. The van der Waals surface area contributed by atoms with Gasteiger partial charge in [-0.2, -0.15) is 0 Å². The quantitative estimate of drug-likeness (QED) is 0.766. The molecule has 3 rings (SSSR count). The van der Waals surface area contributed by atoms with Gasteiger partial charge in [0, 0.05) is 12.2 Å². The number of fused-ring (bicyclic) bond motifs is 1. The molecule has 0 saturated carbocycles. The zero-order valence-corrected chi connectivity index (χ0v) is 15.1. The summed E-state index contributed by atoms with van der Waals surface area (Å²) in [5.74, 6) is 0.520. The first-order chi connectivity index (χ1) is 12.0. The second kappa shape index (κ2) is 7.05. The third-order valence-corrected chi connectivity index (χ3v) is 4.41. The Kier molecular flexibility index (Phi) is 4.83. The highest BCUT2D eigenvalue weighted by atomic mass is 16.1. The highest BCUT2D eigenvalue weighted by molar-refractivity contribution is 5.83. The zero-order chi connectivity index (χ0) is 18.0. The van der Waals surface area contributed by atoms with Crippen LogP contribution in [0.5, 0.6) is 0 Å². The van der Waals surface area contributed by atoms with Gasteiger partial charge in [0.2, 0.25) is 5.91 Å². The average molecular weight is 336 g/mol. The van der Waals surface area contributed by atoms with Gasteiger partial charge in [0.05, 0.1) is 28.7 Å². The van der Waals surface area contributed by atoms with Crippen LogP contribution in [0.4, 0.5) is 0 Å². The Morgan fingerprint density at radius 3 is 2.44 bits per heavy atom. The van der Waals surface area contributed by atoms with Gasteiger partial charge in [-0.3, -0.25) is 9.78 Å². The largest absolute Gasteiger partial charge is 0.346 e. The SMILES string of the molecule is CC(C)n1c([C@H](C)NC(=O)[C@H](C)c2ccccn2)nc2ccccc21. The van der Waals surface area contributed by atoms with Crippen LogP contribution in [0.15, 0.2) is 48.7 Å². The first-order valence-electron chi connectivity index (χ1n) is 8.67. The number of nitrogens with zero attached hydrogens (tertiary/aromatic N) is 3. The molecule has 5 heteroatoms. The van der Waals surface area contributed by atoms with Crippen LogP contribution in [-0.2, 0) is 4.79 Å². The van der Waals surface area contributed by atoms with Gasteiger partial charge >= 0.3 is 0 Å². The molecule has 5 nitrogen and oxygen atoms in total. The smallest absolute Gasteiger partial charge is 0.229 e. The summed E-state index contributed by atoms with van der Waals surface area (Å²) in [5.41, 5.74) is 2.81. The van der Waals surface area contributed by atoms with Crippen molar-refractivity contribution in [1.29, 1.82) is 0 Å². The van der Waals surface area contributed by atoms with Crippen LogP contribution in [0.1, 0.15) is 57.2 Å². The highest BCUT2D eigenvalue weighted by Crippen LogP contribution is 2.25. The third-order valence-electron chi connectivity index (χ3n) is 4.41. The van der Waals surface area contributed by atoms with E-state index in [9.17, 15) is 4.79 Å². The molecule has 0 saturated heterocycles. The molecular formula is C20H24N4O. The molecule has 2 aromatic heterocycles. The molecule has 0 fully saturated rings. The fourth-order valence-corrected chi connectivity index (χ4v) is 3.08. The number of imidazole rings is 1. The zero-order valence-electron chi connectivity index (χ0n) is 15.1. The van der Waals surface area contributed by atoms with Crippen molar-refractivity contribution in [2.75, 3.05) is 0 Å². The predicted octanol–water partition coefficient (Wildman–Crippen LogP) is 3.99. The average Bonchev–Trinajstić information content (AvgIpc) is 3.01.